The fourth-order valence-corrected chi connectivity index (χ4v) is 2.02. The number of nitrogens with zero attached hydrogens (tertiary/aromatic N) is 2. The van der Waals surface area contributed by atoms with Crippen LogP contribution in [0.2, 0.25) is 0 Å². The van der Waals surface area contributed by atoms with E-state index in [2.05, 4.69) is 0 Å². The molecule has 0 aliphatic rings. The van der Waals surface area contributed by atoms with Crippen LogP contribution in [0.3, 0.4) is 0 Å². The molecule has 8 nitrogen and oxygen atoms in total. The minimum atomic E-state index is -0.707. The number of hydrogen-bond acceptors (Lipinski definition) is 6. The normalized spacial score (nSPS) is 10.1. The molecule has 0 N–H and O–H groups in total. The van der Waals surface area contributed by atoms with Crippen LogP contribution in [0.1, 0.15) is 21.5 Å². The highest BCUT2D eigenvalue weighted by Crippen LogP contribution is 2.21. The van der Waals surface area contributed by atoms with Crippen molar-refractivity contribution in [3.05, 3.63) is 79.4 Å². The monoisotopic (exact) mass is 316 g/mol. The fourth-order valence-electron chi connectivity index (χ4n) is 2.02. The number of benzene rings is 2. The van der Waals surface area contributed by atoms with Gasteiger partial charge in [0.25, 0.3) is 11.4 Å². The maximum absolute atomic E-state index is 12.0. The van der Waals surface area contributed by atoms with Gasteiger partial charge >= 0.3 is 5.97 Å². The lowest BCUT2D eigenvalue weighted by Crippen LogP contribution is -2.07. The first kappa shape index (κ1) is 16.1. The predicted molar refractivity (Wildman–Crippen MR) is 80.0 cm³/mol. The Morgan fingerprint density at radius 2 is 1.70 bits per heavy atom. The van der Waals surface area contributed by atoms with E-state index in [-0.39, 0.29) is 29.1 Å². The highest BCUT2D eigenvalue weighted by atomic mass is 16.6. The molecule has 2 aromatic carbocycles. The van der Waals surface area contributed by atoms with E-state index in [0.29, 0.717) is 5.56 Å². The molecule has 0 aliphatic heterocycles. The van der Waals surface area contributed by atoms with Gasteiger partial charge in [-0.25, -0.2) is 4.79 Å². The number of rotatable bonds is 5. The van der Waals surface area contributed by atoms with Crippen molar-refractivity contribution in [3.63, 3.8) is 0 Å². The maximum atomic E-state index is 12.0. The van der Waals surface area contributed by atoms with E-state index < -0.39 is 15.8 Å². The van der Waals surface area contributed by atoms with E-state index in [1.54, 1.807) is 6.07 Å². The molecule has 2 aromatic rings. The Kier molecular flexibility index (Phi) is 4.65. The Hall–Kier alpha value is -3.29. The summed E-state index contributed by atoms with van der Waals surface area (Å²) in [5.41, 5.74) is 0.506. The molecule has 0 amide bonds. The molecule has 0 aliphatic carbocycles. The minimum absolute atomic E-state index is 0.0970. The number of nitro benzene ring substituents is 2. The van der Waals surface area contributed by atoms with Gasteiger partial charge in [-0.05, 0) is 25.1 Å². The van der Waals surface area contributed by atoms with Gasteiger partial charge < -0.3 is 4.74 Å². The van der Waals surface area contributed by atoms with Crippen LogP contribution in [0.25, 0.3) is 0 Å². The molecule has 0 saturated heterocycles. The fraction of sp³-hybridized carbons (Fsp3) is 0.133. The third kappa shape index (κ3) is 3.67. The number of ether oxygens (including phenoxy) is 1. The smallest absolute Gasteiger partial charge is 0.338 e. The number of esters is 1. The van der Waals surface area contributed by atoms with Crippen LogP contribution in [0, 0.1) is 27.2 Å². The highest BCUT2D eigenvalue weighted by Gasteiger charge is 2.17. The average molecular weight is 316 g/mol. The van der Waals surface area contributed by atoms with E-state index in [1.807, 2.05) is 0 Å². The number of carbonyl (C=O) groups is 1. The molecule has 8 heteroatoms. The summed E-state index contributed by atoms with van der Waals surface area (Å²) in [4.78, 5) is 32.5. The zero-order valence-electron chi connectivity index (χ0n) is 12.1. The number of aryl methyl sites for hydroxylation is 1. The molecule has 0 fully saturated rings. The first-order chi connectivity index (χ1) is 10.9. The van der Waals surface area contributed by atoms with Crippen LogP contribution in [-0.4, -0.2) is 15.8 Å². The third-order valence-electron chi connectivity index (χ3n) is 3.18. The van der Waals surface area contributed by atoms with E-state index in [4.69, 9.17) is 4.74 Å². The van der Waals surface area contributed by atoms with E-state index in [0.717, 1.165) is 0 Å². The van der Waals surface area contributed by atoms with Crippen molar-refractivity contribution in [2.24, 2.45) is 0 Å². The van der Waals surface area contributed by atoms with Crippen molar-refractivity contribution in [2.45, 2.75) is 13.5 Å². The summed E-state index contributed by atoms with van der Waals surface area (Å²) in [6.45, 7) is 1.25. The molecule has 0 saturated carbocycles. The standard InChI is InChI=1S/C15H12N2O6/c1-10-8-11(6-7-13(10)16(19)20)15(18)23-9-12-4-2-3-5-14(12)17(21)22/h2-8H,9H2,1H3. The summed E-state index contributed by atoms with van der Waals surface area (Å²) < 4.78 is 5.05. The Morgan fingerprint density at radius 3 is 2.30 bits per heavy atom. The number of nitro groups is 2. The van der Waals surface area contributed by atoms with Gasteiger partial charge in [-0.1, -0.05) is 12.1 Å². The summed E-state index contributed by atoms with van der Waals surface area (Å²) in [7, 11) is 0. The molecule has 0 aromatic heterocycles. The van der Waals surface area contributed by atoms with Crippen LogP contribution in [0.4, 0.5) is 11.4 Å². The Labute approximate surface area is 130 Å². The Bertz CT molecular complexity index is 787. The van der Waals surface area contributed by atoms with Gasteiger partial charge in [-0.3, -0.25) is 20.2 Å². The van der Waals surface area contributed by atoms with Crippen LogP contribution < -0.4 is 0 Å². The lowest BCUT2D eigenvalue weighted by molar-refractivity contribution is -0.385. The zero-order valence-corrected chi connectivity index (χ0v) is 12.1. The molecule has 0 spiro atoms. The summed E-state index contributed by atoms with van der Waals surface area (Å²) in [5.74, 6) is -0.707. The lowest BCUT2D eigenvalue weighted by Gasteiger charge is -2.06. The SMILES string of the molecule is Cc1cc(C(=O)OCc2ccccc2[N+](=O)[O-])ccc1[N+](=O)[O-]. The summed E-state index contributed by atoms with van der Waals surface area (Å²) in [6.07, 6.45) is 0. The molecule has 0 bridgehead atoms. The van der Waals surface area contributed by atoms with Crippen molar-refractivity contribution in [1.29, 1.82) is 0 Å². The molecule has 0 radical (unpaired) electrons. The van der Waals surface area contributed by atoms with Gasteiger partial charge in [0.2, 0.25) is 0 Å². The second-order valence-electron chi connectivity index (χ2n) is 4.72. The van der Waals surface area contributed by atoms with Crippen molar-refractivity contribution in [3.8, 4) is 0 Å². The molecule has 23 heavy (non-hydrogen) atoms. The van der Waals surface area contributed by atoms with Crippen molar-refractivity contribution in [1.82, 2.24) is 0 Å². The largest absolute Gasteiger partial charge is 0.457 e. The first-order valence-corrected chi connectivity index (χ1v) is 6.54. The van der Waals surface area contributed by atoms with E-state index in [9.17, 15) is 25.0 Å². The van der Waals surface area contributed by atoms with Gasteiger partial charge in [-0.15, -0.1) is 0 Å². The topological polar surface area (TPSA) is 113 Å². The second kappa shape index (κ2) is 6.65. The minimum Gasteiger partial charge on any atom is -0.457 e. The molecule has 118 valence electrons. The molecule has 0 unspecified atom stereocenters. The summed E-state index contributed by atoms with van der Waals surface area (Å²) in [6, 6.07) is 9.78. The summed E-state index contributed by atoms with van der Waals surface area (Å²) in [5, 5.41) is 21.6. The van der Waals surface area contributed by atoms with Crippen LogP contribution in [-0.2, 0) is 11.3 Å². The maximum Gasteiger partial charge on any atom is 0.338 e. The number of carbonyl (C=O) groups excluding carboxylic acids is 1. The highest BCUT2D eigenvalue weighted by molar-refractivity contribution is 5.90. The number of para-hydroxylation sites is 1. The van der Waals surface area contributed by atoms with Gasteiger partial charge in [0, 0.05) is 17.7 Å². The van der Waals surface area contributed by atoms with Crippen molar-refractivity contribution in [2.75, 3.05) is 0 Å². The molecule has 0 heterocycles. The summed E-state index contributed by atoms with van der Waals surface area (Å²) >= 11 is 0. The quantitative estimate of drug-likeness (QED) is 0.475. The van der Waals surface area contributed by atoms with E-state index >= 15 is 0 Å². The van der Waals surface area contributed by atoms with Gasteiger partial charge in [-0.2, -0.15) is 0 Å². The predicted octanol–water partition coefficient (Wildman–Crippen LogP) is 3.17. The molecular weight excluding hydrogens is 304 g/mol. The van der Waals surface area contributed by atoms with Crippen LogP contribution >= 0.6 is 0 Å². The van der Waals surface area contributed by atoms with Gasteiger partial charge in [0.15, 0.2) is 0 Å². The zero-order chi connectivity index (χ0) is 17.0. The Morgan fingerprint density at radius 1 is 1.04 bits per heavy atom. The lowest BCUT2D eigenvalue weighted by atomic mass is 10.1. The third-order valence-corrected chi connectivity index (χ3v) is 3.18. The molecular formula is C15H12N2O6. The Balaban J connectivity index is 2.13. The first-order valence-electron chi connectivity index (χ1n) is 6.54. The van der Waals surface area contributed by atoms with Crippen LogP contribution in [0.15, 0.2) is 42.5 Å². The molecule has 0 atom stereocenters. The van der Waals surface area contributed by atoms with Gasteiger partial charge in [0.1, 0.15) is 6.61 Å². The second-order valence-corrected chi connectivity index (χ2v) is 4.72. The molecule has 2 rings (SSSR count). The van der Waals surface area contributed by atoms with Crippen molar-refractivity contribution >= 4 is 17.3 Å². The van der Waals surface area contributed by atoms with Crippen LogP contribution in [0.5, 0.6) is 0 Å². The average Bonchev–Trinajstić information content (AvgIpc) is 2.52. The van der Waals surface area contributed by atoms with Gasteiger partial charge in [0.05, 0.1) is 21.0 Å². The number of hydrogen-bond donors (Lipinski definition) is 0. The van der Waals surface area contributed by atoms with E-state index in [1.165, 1.54) is 43.3 Å². The van der Waals surface area contributed by atoms with Crippen molar-refractivity contribution < 1.29 is 19.4 Å².